The molecular weight excluding hydrogens is 238 g/mol. The van der Waals surface area contributed by atoms with Gasteiger partial charge in [-0.05, 0) is 42.4 Å². The van der Waals surface area contributed by atoms with E-state index in [1.807, 2.05) is 24.3 Å². The SMILES string of the molecule is COc1ccc([C@@H](O)CN[C@@H](C(C)C)C2CC2)cc1. The van der Waals surface area contributed by atoms with Crippen LogP contribution in [-0.4, -0.2) is 24.8 Å². The average molecular weight is 263 g/mol. The van der Waals surface area contributed by atoms with Gasteiger partial charge in [0.2, 0.25) is 0 Å². The van der Waals surface area contributed by atoms with Crippen molar-refractivity contribution in [1.82, 2.24) is 5.32 Å². The van der Waals surface area contributed by atoms with E-state index in [2.05, 4.69) is 19.2 Å². The second-order valence-electron chi connectivity index (χ2n) is 5.80. The molecule has 0 aromatic heterocycles. The van der Waals surface area contributed by atoms with Crippen molar-refractivity contribution in [3.63, 3.8) is 0 Å². The highest BCUT2D eigenvalue weighted by molar-refractivity contribution is 5.28. The third kappa shape index (κ3) is 3.95. The minimum absolute atomic E-state index is 0.453. The predicted molar refractivity (Wildman–Crippen MR) is 77.3 cm³/mol. The highest BCUT2D eigenvalue weighted by atomic mass is 16.5. The lowest BCUT2D eigenvalue weighted by Crippen LogP contribution is -2.38. The van der Waals surface area contributed by atoms with Crippen LogP contribution in [0.5, 0.6) is 5.75 Å². The molecule has 2 rings (SSSR count). The molecule has 1 aliphatic carbocycles. The van der Waals surface area contributed by atoms with Gasteiger partial charge in [0.15, 0.2) is 0 Å². The molecule has 19 heavy (non-hydrogen) atoms. The van der Waals surface area contributed by atoms with E-state index in [1.165, 1.54) is 12.8 Å². The number of benzene rings is 1. The van der Waals surface area contributed by atoms with Crippen molar-refractivity contribution in [2.45, 2.75) is 38.8 Å². The number of hydrogen-bond acceptors (Lipinski definition) is 3. The molecule has 106 valence electrons. The third-order valence-electron chi connectivity index (χ3n) is 3.90. The largest absolute Gasteiger partial charge is 0.497 e. The number of aliphatic hydroxyl groups excluding tert-OH is 1. The molecule has 1 aromatic rings. The van der Waals surface area contributed by atoms with E-state index in [0.717, 1.165) is 17.2 Å². The molecule has 0 unspecified atom stereocenters. The lowest BCUT2D eigenvalue weighted by atomic mass is 9.99. The van der Waals surface area contributed by atoms with Crippen LogP contribution < -0.4 is 10.1 Å². The first-order chi connectivity index (χ1) is 9.11. The van der Waals surface area contributed by atoms with Crippen molar-refractivity contribution in [2.24, 2.45) is 11.8 Å². The molecular formula is C16H25NO2. The molecule has 1 fully saturated rings. The van der Waals surface area contributed by atoms with Crippen molar-refractivity contribution in [1.29, 1.82) is 0 Å². The first-order valence-corrected chi connectivity index (χ1v) is 7.17. The molecule has 3 nitrogen and oxygen atoms in total. The summed E-state index contributed by atoms with van der Waals surface area (Å²) in [5, 5.41) is 13.7. The van der Waals surface area contributed by atoms with Gasteiger partial charge in [0.05, 0.1) is 13.2 Å². The summed E-state index contributed by atoms with van der Waals surface area (Å²) >= 11 is 0. The molecule has 0 heterocycles. The zero-order valence-electron chi connectivity index (χ0n) is 12.1. The maximum atomic E-state index is 10.2. The van der Waals surface area contributed by atoms with E-state index in [4.69, 9.17) is 4.74 Å². The molecule has 1 aromatic carbocycles. The van der Waals surface area contributed by atoms with E-state index in [-0.39, 0.29) is 0 Å². The summed E-state index contributed by atoms with van der Waals surface area (Å²) < 4.78 is 5.12. The van der Waals surface area contributed by atoms with E-state index >= 15 is 0 Å². The Hall–Kier alpha value is -1.06. The molecule has 0 saturated heterocycles. The van der Waals surface area contributed by atoms with Crippen LogP contribution in [0.3, 0.4) is 0 Å². The number of rotatable bonds is 7. The lowest BCUT2D eigenvalue weighted by Gasteiger charge is -2.24. The Bertz CT molecular complexity index is 382. The maximum Gasteiger partial charge on any atom is 0.118 e. The van der Waals surface area contributed by atoms with Gasteiger partial charge in [-0.1, -0.05) is 26.0 Å². The molecule has 1 saturated carbocycles. The van der Waals surface area contributed by atoms with Crippen LogP contribution in [0.15, 0.2) is 24.3 Å². The highest BCUT2D eigenvalue weighted by Gasteiger charge is 2.32. The second-order valence-corrected chi connectivity index (χ2v) is 5.80. The van der Waals surface area contributed by atoms with Crippen LogP contribution in [0, 0.1) is 11.8 Å². The fraction of sp³-hybridized carbons (Fsp3) is 0.625. The van der Waals surface area contributed by atoms with Crippen molar-refractivity contribution in [3.05, 3.63) is 29.8 Å². The normalized spacial score (nSPS) is 18.4. The lowest BCUT2D eigenvalue weighted by molar-refractivity contribution is 0.162. The summed E-state index contributed by atoms with van der Waals surface area (Å²) in [5.74, 6) is 2.25. The average Bonchev–Trinajstić information content (AvgIpc) is 3.23. The second kappa shape index (κ2) is 6.40. The van der Waals surface area contributed by atoms with Crippen LogP contribution >= 0.6 is 0 Å². The molecule has 0 aliphatic heterocycles. The Kier molecular flexibility index (Phi) is 4.83. The quantitative estimate of drug-likeness (QED) is 0.795. The van der Waals surface area contributed by atoms with Crippen molar-refractivity contribution >= 4 is 0 Å². The Balaban J connectivity index is 1.87. The standard InChI is InChI=1S/C16H25NO2/c1-11(2)16(13-4-5-13)17-10-15(18)12-6-8-14(19-3)9-7-12/h6-9,11,13,15-18H,4-5,10H2,1-3H3/t15-,16-/m0/s1. The van der Waals surface area contributed by atoms with Crippen LogP contribution in [-0.2, 0) is 0 Å². The first kappa shape index (κ1) is 14.4. The number of ether oxygens (including phenoxy) is 1. The summed E-state index contributed by atoms with van der Waals surface area (Å²) in [7, 11) is 1.65. The fourth-order valence-electron chi connectivity index (χ4n) is 2.59. The van der Waals surface area contributed by atoms with Gasteiger partial charge in [-0.2, -0.15) is 0 Å². The van der Waals surface area contributed by atoms with Gasteiger partial charge in [-0.3, -0.25) is 0 Å². The molecule has 0 bridgehead atoms. The van der Waals surface area contributed by atoms with Crippen molar-refractivity contribution in [2.75, 3.05) is 13.7 Å². The molecule has 1 aliphatic rings. The summed E-state index contributed by atoms with van der Waals surface area (Å²) in [6, 6.07) is 8.16. The van der Waals surface area contributed by atoms with Gasteiger partial charge in [-0.15, -0.1) is 0 Å². The van der Waals surface area contributed by atoms with Gasteiger partial charge < -0.3 is 15.2 Å². The van der Waals surface area contributed by atoms with Gasteiger partial charge in [0, 0.05) is 12.6 Å². The van der Waals surface area contributed by atoms with Crippen molar-refractivity contribution in [3.8, 4) is 5.75 Å². The van der Waals surface area contributed by atoms with Crippen LogP contribution in [0.4, 0.5) is 0 Å². The topological polar surface area (TPSA) is 41.5 Å². The minimum atomic E-state index is -0.453. The Morgan fingerprint density at radius 2 is 1.89 bits per heavy atom. The van der Waals surface area contributed by atoms with E-state index in [9.17, 15) is 5.11 Å². The van der Waals surface area contributed by atoms with Crippen LogP contribution in [0.1, 0.15) is 38.4 Å². The maximum absolute atomic E-state index is 10.2. The molecule has 0 amide bonds. The van der Waals surface area contributed by atoms with E-state index in [1.54, 1.807) is 7.11 Å². The van der Waals surface area contributed by atoms with Crippen LogP contribution in [0.2, 0.25) is 0 Å². The van der Waals surface area contributed by atoms with Gasteiger partial charge in [-0.25, -0.2) is 0 Å². The zero-order valence-corrected chi connectivity index (χ0v) is 12.1. The van der Waals surface area contributed by atoms with E-state index in [0.29, 0.717) is 18.5 Å². The predicted octanol–water partition coefficient (Wildman–Crippen LogP) is 2.75. The van der Waals surface area contributed by atoms with Crippen molar-refractivity contribution < 1.29 is 9.84 Å². The monoisotopic (exact) mass is 263 g/mol. The summed E-state index contributed by atoms with van der Waals surface area (Å²) in [6.07, 6.45) is 2.20. The molecule has 2 atom stereocenters. The molecule has 3 heteroatoms. The van der Waals surface area contributed by atoms with Gasteiger partial charge in [0.25, 0.3) is 0 Å². The zero-order chi connectivity index (χ0) is 13.8. The highest BCUT2D eigenvalue weighted by Crippen LogP contribution is 2.35. The first-order valence-electron chi connectivity index (χ1n) is 7.17. The fourth-order valence-corrected chi connectivity index (χ4v) is 2.59. The van der Waals surface area contributed by atoms with Crippen LogP contribution in [0.25, 0.3) is 0 Å². The summed E-state index contributed by atoms with van der Waals surface area (Å²) in [5.41, 5.74) is 0.937. The molecule has 0 radical (unpaired) electrons. The smallest absolute Gasteiger partial charge is 0.118 e. The summed E-state index contributed by atoms with van der Waals surface area (Å²) in [6.45, 7) is 5.11. The van der Waals surface area contributed by atoms with E-state index < -0.39 is 6.10 Å². The molecule has 2 N–H and O–H groups in total. The van der Waals surface area contributed by atoms with Gasteiger partial charge in [0.1, 0.15) is 5.75 Å². The number of hydrogen-bond donors (Lipinski definition) is 2. The summed E-state index contributed by atoms with van der Waals surface area (Å²) in [4.78, 5) is 0. The van der Waals surface area contributed by atoms with Gasteiger partial charge >= 0.3 is 0 Å². The minimum Gasteiger partial charge on any atom is -0.497 e. The molecule has 0 spiro atoms. The Labute approximate surface area is 116 Å². The third-order valence-corrected chi connectivity index (χ3v) is 3.90. The Morgan fingerprint density at radius 3 is 2.37 bits per heavy atom. The number of aliphatic hydroxyl groups is 1. The number of methoxy groups -OCH3 is 1. The Morgan fingerprint density at radius 1 is 1.26 bits per heavy atom. The number of nitrogens with one attached hydrogen (secondary N) is 1.